The number of para-hydroxylation sites is 1. The van der Waals surface area contributed by atoms with Crippen molar-refractivity contribution in [1.29, 1.82) is 0 Å². The third-order valence-electron chi connectivity index (χ3n) is 2.38. The van der Waals surface area contributed by atoms with Crippen molar-refractivity contribution < 1.29 is 5.11 Å². The molecule has 1 aromatic carbocycles. The van der Waals surface area contributed by atoms with Gasteiger partial charge in [-0.15, -0.1) is 0 Å². The van der Waals surface area contributed by atoms with Crippen LogP contribution in [0.2, 0.25) is 0 Å². The molecule has 3 heteroatoms. The molecule has 0 spiro atoms. The third kappa shape index (κ3) is 3.53. The zero-order valence-corrected chi connectivity index (χ0v) is 9.43. The molecule has 0 fully saturated rings. The Labute approximate surface area is 91.5 Å². The standard InChI is InChI=1S/C12H20N2O/c1-10(2)14(8-11(13)9-15)12-6-4-3-5-7-12/h3-7,10-11,15H,8-9,13H2,1-2H3/t11-/m0/s1. The second-order valence-electron chi connectivity index (χ2n) is 4.02. The molecule has 0 heterocycles. The molecular weight excluding hydrogens is 188 g/mol. The highest BCUT2D eigenvalue weighted by Crippen LogP contribution is 2.16. The molecule has 3 nitrogen and oxygen atoms in total. The van der Waals surface area contributed by atoms with Crippen molar-refractivity contribution in [1.82, 2.24) is 0 Å². The summed E-state index contributed by atoms with van der Waals surface area (Å²) in [5.41, 5.74) is 6.91. The lowest BCUT2D eigenvalue weighted by atomic mass is 10.2. The number of aliphatic hydroxyl groups is 1. The lowest BCUT2D eigenvalue weighted by Gasteiger charge is -2.31. The minimum atomic E-state index is -0.187. The van der Waals surface area contributed by atoms with Crippen LogP contribution in [-0.4, -0.2) is 30.3 Å². The molecule has 15 heavy (non-hydrogen) atoms. The molecule has 84 valence electrons. The third-order valence-corrected chi connectivity index (χ3v) is 2.38. The molecule has 0 radical (unpaired) electrons. The Kier molecular flexibility index (Phi) is 4.59. The molecule has 0 aliphatic heterocycles. The highest BCUT2D eigenvalue weighted by atomic mass is 16.3. The van der Waals surface area contributed by atoms with Crippen LogP contribution >= 0.6 is 0 Å². The van der Waals surface area contributed by atoms with E-state index in [0.717, 1.165) is 5.69 Å². The van der Waals surface area contributed by atoms with Gasteiger partial charge in [-0.2, -0.15) is 0 Å². The molecule has 1 aromatic rings. The summed E-state index contributed by atoms with van der Waals surface area (Å²) in [7, 11) is 0. The molecule has 0 aliphatic carbocycles. The van der Waals surface area contributed by atoms with Crippen LogP contribution in [0.5, 0.6) is 0 Å². The summed E-state index contributed by atoms with van der Waals surface area (Å²) in [5.74, 6) is 0. The maximum Gasteiger partial charge on any atom is 0.0599 e. The lowest BCUT2D eigenvalue weighted by Crippen LogP contribution is -2.43. The highest BCUT2D eigenvalue weighted by molar-refractivity contribution is 5.46. The first-order chi connectivity index (χ1) is 7.15. The first kappa shape index (κ1) is 12.0. The minimum absolute atomic E-state index is 0.0239. The van der Waals surface area contributed by atoms with Crippen LogP contribution in [0, 0.1) is 0 Å². The Hall–Kier alpha value is -1.06. The molecule has 1 atom stereocenters. The van der Waals surface area contributed by atoms with E-state index in [2.05, 4.69) is 30.9 Å². The van der Waals surface area contributed by atoms with E-state index in [9.17, 15) is 0 Å². The van der Waals surface area contributed by atoms with Gasteiger partial charge < -0.3 is 15.7 Å². The van der Waals surface area contributed by atoms with Crippen molar-refractivity contribution >= 4 is 5.69 Å². The van der Waals surface area contributed by atoms with Gasteiger partial charge in [-0.1, -0.05) is 18.2 Å². The van der Waals surface area contributed by atoms with E-state index in [1.165, 1.54) is 0 Å². The Morgan fingerprint density at radius 1 is 1.27 bits per heavy atom. The van der Waals surface area contributed by atoms with Gasteiger partial charge in [0.15, 0.2) is 0 Å². The number of aliphatic hydroxyl groups excluding tert-OH is 1. The van der Waals surface area contributed by atoms with E-state index < -0.39 is 0 Å². The summed E-state index contributed by atoms with van der Waals surface area (Å²) in [5, 5.41) is 8.96. The van der Waals surface area contributed by atoms with Crippen molar-refractivity contribution in [3.8, 4) is 0 Å². The van der Waals surface area contributed by atoms with Crippen LogP contribution in [0.1, 0.15) is 13.8 Å². The first-order valence-corrected chi connectivity index (χ1v) is 5.33. The Morgan fingerprint density at radius 3 is 2.33 bits per heavy atom. The molecule has 0 aliphatic rings. The summed E-state index contributed by atoms with van der Waals surface area (Å²) in [4.78, 5) is 2.20. The maximum atomic E-state index is 8.96. The molecule has 1 rings (SSSR count). The fourth-order valence-corrected chi connectivity index (χ4v) is 1.54. The summed E-state index contributed by atoms with van der Waals surface area (Å²) in [6.45, 7) is 4.95. The van der Waals surface area contributed by atoms with Crippen LogP contribution in [0.4, 0.5) is 5.69 Å². The quantitative estimate of drug-likeness (QED) is 0.765. The van der Waals surface area contributed by atoms with E-state index >= 15 is 0 Å². The van der Waals surface area contributed by atoms with Crippen molar-refractivity contribution in [2.45, 2.75) is 25.9 Å². The monoisotopic (exact) mass is 208 g/mol. The van der Waals surface area contributed by atoms with Crippen LogP contribution in [-0.2, 0) is 0 Å². The van der Waals surface area contributed by atoms with Gasteiger partial charge in [-0.05, 0) is 26.0 Å². The maximum absolute atomic E-state index is 8.96. The molecule has 0 unspecified atom stereocenters. The molecule has 0 aromatic heterocycles. The van der Waals surface area contributed by atoms with Crippen LogP contribution in [0.25, 0.3) is 0 Å². The number of anilines is 1. The zero-order chi connectivity index (χ0) is 11.3. The van der Waals surface area contributed by atoms with E-state index in [0.29, 0.717) is 12.6 Å². The second kappa shape index (κ2) is 5.73. The first-order valence-electron chi connectivity index (χ1n) is 5.33. The van der Waals surface area contributed by atoms with E-state index in [-0.39, 0.29) is 12.6 Å². The molecule has 0 saturated carbocycles. The van der Waals surface area contributed by atoms with Crippen molar-refractivity contribution in [3.63, 3.8) is 0 Å². The number of rotatable bonds is 5. The molecular formula is C12H20N2O. The average molecular weight is 208 g/mol. The summed E-state index contributed by atoms with van der Waals surface area (Å²) >= 11 is 0. The molecule has 0 amide bonds. The fourth-order valence-electron chi connectivity index (χ4n) is 1.54. The Morgan fingerprint density at radius 2 is 1.87 bits per heavy atom. The predicted octanol–water partition coefficient (Wildman–Crippen LogP) is 1.22. The number of hydrogen-bond acceptors (Lipinski definition) is 3. The SMILES string of the molecule is CC(C)N(C[C@H](N)CO)c1ccccc1. The predicted molar refractivity (Wildman–Crippen MR) is 64.0 cm³/mol. The minimum Gasteiger partial charge on any atom is -0.395 e. The van der Waals surface area contributed by atoms with Gasteiger partial charge >= 0.3 is 0 Å². The second-order valence-corrected chi connectivity index (χ2v) is 4.02. The van der Waals surface area contributed by atoms with Gasteiger partial charge in [-0.25, -0.2) is 0 Å². The summed E-state index contributed by atoms with van der Waals surface area (Å²) in [6.07, 6.45) is 0. The van der Waals surface area contributed by atoms with Crippen LogP contribution < -0.4 is 10.6 Å². The molecule has 0 bridgehead atoms. The van der Waals surface area contributed by atoms with E-state index in [1.54, 1.807) is 0 Å². The number of benzene rings is 1. The van der Waals surface area contributed by atoms with Crippen LogP contribution in [0.3, 0.4) is 0 Å². The highest BCUT2D eigenvalue weighted by Gasteiger charge is 2.13. The van der Waals surface area contributed by atoms with Gasteiger partial charge in [-0.3, -0.25) is 0 Å². The van der Waals surface area contributed by atoms with Crippen molar-refractivity contribution in [2.75, 3.05) is 18.1 Å². The largest absolute Gasteiger partial charge is 0.395 e. The Balaban J connectivity index is 2.75. The van der Waals surface area contributed by atoms with Gasteiger partial charge in [0.2, 0.25) is 0 Å². The fraction of sp³-hybridized carbons (Fsp3) is 0.500. The van der Waals surface area contributed by atoms with Gasteiger partial charge in [0.25, 0.3) is 0 Å². The summed E-state index contributed by atoms with van der Waals surface area (Å²) in [6, 6.07) is 10.3. The van der Waals surface area contributed by atoms with E-state index in [1.807, 2.05) is 18.2 Å². The van der Waals surface area contributed by atoms with E-state index in [4.69, 9.17) is 10.8 Å². The van der Waals surface area contributed by atoms with Gasteiger partial charge in [0.1, 0.15) is 0 Å². The van der Waals surface area contributed by atoms with Gasteiger partial charge in [0.05, 0.1) is 6.61 Å². The zero-order valence-electron chi connectivity index (χ0n) is 9.43. The summed E-state index contributed by atoms with van der Waals surface area (Å²) < 4.78 is 0. The smallest absolute Gasteiger partial charge is 0.0599 e. The van der Waals surface area contributed by atoms with Gasteiger partial charge in [0, 0.05) is 24.3 Å². The number of hydrogen-bond donors (Lipinski definition) is 2. The lowest BCUT2D eigenvalue weighted by molar-refractivity contribution is 0.265. The average Bonchev–Trinajstić information content (AvgIpc) is 2.26. The normalized spacial score (nSPS) is 12.9. The van der Waals surface area contributed by atoms with Crippen molar-refractivity contribution in [2.24, 2.45) is 5.73 Å². The number of nitrogens with two attached hydrogens (primary N) is 1. The van der Waals surface area contributed by atoms with Crippen LogP contribution in [0.15, 0.2) is 30.3 Å². The molecule has 0 saturated heterocycles. The van der Waals surface area contributed by atoms with Crippen molar-refractivity contribution in [3.05, 3.63) is 30.3 Å². The molecule has 3 N–H and O–H groups in total. The topological polar surface area (TPSA) is 49.5 Å². The number of nitrogens with zero attached hydrogens (tertiary/aromatic N) is 1. The Bertz CT molecular complexity index is 274.